The molecule has 0 aliphatic carbocycles. The monoisotopic (exact) mass is 551 g/mol. The molecule has 0 saturated carbocycles. The summed E-state index contributed by atoms with van der Waals surface area (Å²) in [7, 11) is -3.74. The molecule has 0 spiro atoms. The summed E-state index contributed by atoms with van der Waals surface area (Å²) < 4.78 is 27.1. The number of nitrogens with one attached hydrogen (secondary N) is 1. The number of hydrogen-bond donors (Lipinski definition) is 1. The largest absolute Gasteiger partial charge is 0.354 e. The molecular formula is C25H34BrN3O4S. The number of aryl methyl sites for hydroxylation is 1. The van der Waals surface area contributed by atoms with Gasteiger partial charge in [0.2, 0.25) is 21.8 Å². The number of amides is 2. The Hall–Kier alpha value is -2.39. The summed E-state index contributed by atoms with van der Waals surface area (Å²) in [4.78, 5) is 28.1. The fourth-order valence-electron chi connectivity index (χ4n) is 3.57. The van der Waals surface area contributed by atoms with Crippen LogP contribution in [0, 0.1) is 12.8 Å². The van der Waals surface area contributed by atoms with Gasteiger partial charge in [-0.25, -0.2) is 8.42 Å². The molecule has 0 aliphatic rings. The molecule has 1 atom stereocenters. The van der Waals surface area contributed by atoms with E-state index in [0.717, 1.165) is 26.2 Å². The number of hydrogen-bond acceptors (Lipinski definition) is 4. The van der Waals surface area contributed by atoms with Crippen LogP contribution < -0.4 is 9.62 Å². The van der Waals surface area contributed by atoms with E-state index in [1.54, 1.807) is 24.3 Å². The van der Waals surface area contributed by atoms with Crippen LogP contribution >= 0.6 is 15.9 Å². The van der Waals surface area contributed by atoms with Crippen molar-refractivity contribution < 1.29 is 18.0 Å². The maximum absolute atomic E-state index is 13.6. The minimum absolute atomic E-state index is 0.200. The summed E-state index contributed by atoms with van der Waals surface area (Å²) >= 11 is 3.34. The lowest BCUT2D eigenvalue weighted by Crippen LogP contribution is -2.52. The molecule has 1 N–H and O–H groups in total. The summed E-state index contributed by atoms with van der Waals surface area (Å²) in [5.74, 6) is -0.423. The highest BCUT2D eigenvalue weighted by Crippen LogP contribution is 2.22. The van der Waals surface area contributed by atoms with Crippen LogP contribution in [-0.2, 0) is 26.2 Å². The Morgan fingerprint density at radius 2 is 1.74 bits per heavy atom. The smallest absolute Gasteiger partial charge is 0.244 e. The van der Waals surface area contributed by atoms with Gasteiger partial charge in [0.1, 0.15) is 12.6 Å². The lowest BCUT2D eigenvalue weighted by molar-refractivity contribution is -0.140. The summed E-state index contributed by atoms with van der Waals surface area (Å²) in [6.45, 7) is 8.10. The average molecular weight is 553 g/mol. The molecule has 7 nitrogen and oxygen atoms in total. The number of anilines is 1. The van der Waals surface area contributed by atoms with Crippen molar-refractivity contribution in [2.45, 2.75) is 46.7 Å². The number of rotatable bonds is 11. The van der Waals surface area contributed by atoms with Crippen LogP contribution in [0.2, 0.25) is 0 Å². The van der Waals surface area contributed by atoms with E-state index in [0.29, 0.717) is 18.7 Å². The normalized spacial score (nSPS) is 12.3. The van der Waals surface area contributed by atoms with Gasteiger partial charge in [0.25, 0.3) is 0 Å². The third kappa shape index (κ3) is 8.13. The summed E-state index contributed by atoms with van der Waals surface area (Å²) in [5, 5.41) is 2.92. The molecular weight excluding hydrogens is 518 g/mol. The topological polar surface area (TPSA) is 86.8 Å². The van der Waals surface area contributed by atoms with Gasteiger partial charge in [-0.15, -0.1) is 0 Å². The van der Waals surface area contributed by atoms with E-state index >= 15 is 0 Å². The Bertz CT molecular complexity index is 1090. The molecule has 2 aromatic rings. The van der Waals surface area contributed by atoms with Crippen molar-refractivity contribution >= 4 is 43.5 Å². The Morgan fingerprint density at radius 3 is 2.26 bits per heavy atom. The first-order valence-electron chi connectivity index (χ1n) is 11.3. The molecule has 2 rings (SSSR count). The number of sulfonamides is 1. The second-order valence-electron chi connectivity index (χ2n) is 8.82. The number of benzene rings is 2. The van der Waals surface area contributed by atoms with Gasteiger partial charge < -0.3 is 10.2 Å². The highest BCUT2D eigenvalue weighted by molar-refractivity contribution is 9.10. The predicted molar refractivity (Wildman–Crippen MR) is 140 cm³/mol. The molecule has 34 heavy (non-hydrogen) atoms. The van der Waals surface area contributed by atoms with E-state index in [1.807, 2.05) is 52.0 Å². The van der Waals surface area contributed by atoms with E-state index < -0.39 is 28.5 Å². The number of halogens is 1. The van der Waals surface area contributed by atoms with Gasteiger partial charge in [0.05, 0.1) is 11.9 Å². The lowest BCUT2D eigenvalue weighted by atomic mass is 10.1. The van der Waals surface area contributed by atoms with Gasteiger partial charge in [0.15, 0.2) is 0 Å². The Balaban J connectivity index is 2.41. The quantitative estimate of drug-likeness (QED) is 0.455. The van der Waals surface area contributed by atoms with Crippen molar-refractivity contribution in [3.05, 3.63) is 64.1 Å². The molecule has 2 aromatic carbocycles. The van der Waals surface area contributed by atoms with Crippen molar-refractivity contribution in [2.24, 2.45) is 5.92 Å². The molecule has 0 radical (unpaired) electrons. The van der Waals surface area contributed by atoms with Crippen LogP contribution in [0.15, 0.2) is 53.0 Å². The first-order chi connectivity index (χ1) is 15.9. The highest BCUT2D eigenvalue weighted by Gasteiger charge is 2.31. The molecule has 1 unspecified atom stereocenters. The zero-order valence-electron chi connectivity index (χ0n) is 20.4. The van der Waals surface area contributed by atoms with Gasteiger partial charge in [0, 0.05) is 17.6 Å². The second kappa shape index (κ2) is 12.4. The zero-order valence-corrected chi connectivity index (χ0v) is 22.8. The van der Waals surface area contributed by atoms with E-state index in [2.05, 4.69) is 21.2 Å². The minimum Gasteiger partial charge on any atom is -0.354 e. The van der Waals surface area contributed by atoms with Gasteiger partial charge in [-0.1, -0.05) is 66.5 Å². The molecule has 2 amide bonds. The second-order valence-corrected chi connectivity index (χ2v) is 11.6. The molecule has 0 saturated heterocycles. The van der Waals surface area contributed by atoms with E-state index in [-0.39, 0.29) is 18.4 Å². The van der Waals surface area contributed by atoms with Crippen LogP contribution in [-0.4, -0.2) is 50.5 Å². The Morgan fingerprint density at radius 1 is 1.09 bits per heavy atom. The van der Waals surface area contributed by atoms with Crippen molar-refractivity contribution in [2.75, 3.05) is 23.7 Å². The first kappa shape index (κ1) is 27.9. The number of carbonyl (C=O) groups is 2. The van der Waals surface area contributed by atoms with Crippen molar-refractivity contribution in [3.8, 4) is 0 Å². The third-order valence-electron chi connectivity index (χ3n) is 5.30. The van der Waals surface area contributed by atoms with Crippen LogP contribution in [0.3, 0.4) is 0 Å². The van der Waals surface area contributed by atoms with Gasteiger partial charge in [-0.2, -0.15) is 0 Å². The molecule has 0 bridgehead atoms. The summed E-state index contributed by atoms with van der Waals surface area (Å²) in [6.07, 6.45) is 1.47. The van der Waals surface area contributed by atoms with Crippen LogP contribution in [0.1, 0.15) is 38.3 Å². The number of carbonyl (C=O) groups excluding carboxylic acids is 2. The fourth-order valence-corrected chi connectivity index (χ4v) is 4.68. The van der Waals surface area contributed by atoms with Crippen LogP contribution in [0.5, 0.6) is 0 Å². The average Bonchev–Trinajstić information content (AvgIpc) is 2.75. The Kier molecular flexibility index (Phi) is 10.1. The van der Waals surface area contributed by atoms with Gasteiger partial charge >= 0.3 is 0 Å². The van der Waals surface area contributed by atoms with E-state index in [4.69, 9.17) is 0 Å². The molecule has 0 heterocycles. The van der Waals surface area contributed by atoms with E-state index in [1.165, 1.54) is 4.90 Å². The van der Waals surface area contributed by atoms with Crippen molar-refractivity contribution in [1.82, 2.24) is 10.2 Å². The summed E-state index contributed by atoms with van der Waals surface area (Å²) in [5.41, 5.74) is 2.29. The molecule has 0 aromatic heterocycles. The fraction of sp³-hybridized carbons (Fsp3) is 0.440. The molecule has 186 valence electrons. The van der Waals surface area contributed by atoms with Crippen molar-refractivity contribution in [1.29, 1.82) is 0 Å². The van der Waals surface area contributed by atoms with Crippen molar-refractivity contribution in [3.63, 3.8) is 0 Å². The highest BCUT2D eigenvalue weighted by atomic mass is 79.9. The third-order valence-corrected chi connectivity index (χ3v) is 6.97. The first-order valence-corrected chi connectivity index (χ1v) is 13.9. The minimum atomic E-state index is -3.74. The Labute approximate surface area is 211 Å². The molecule has 0 aliphatic heterocycles. The summed E-state index contributed by atoms with van der Waals surface area (Å²) in [6, 6.07) is 13.7. The lowest BCUT2D eigenvalue weighted by Gasteiger charge is -2.33. The molecule has 9 heteroatoms. The van der Waals surface area contributed by atoms with E-state index in [9.17, 15) is 18.0 Å². The van der Waals surface area contributed by atoms with Gasteiger partial charge in [-0.05, 0) is 49.1 Å². The van der Waals surface area contributed by atoms with Crippen LogP contribution in [0.4, 0.5) is 5.69 Å². The predicted octanol–water partition coefficient (Wildman–Crippen LogP) is 4.10. The van der Waals surface area contributed by atoms with Crippen LogP contribution in [0.25, 0.3) is 0 Å². The maximum atomic E-state index is 13.6. The standard InChI is InChI=1S/C25H34BrN3O4S/c1-6-23(25(31)27-15-18(2)3)28(16-20-9-7-8-19(4)14-20)24(30)17-29(34(5,32)33)22-12-10-21(26)11-13-22/h7-14,18,23H,6,15-17H2,1-5H3,(H,27,31). The molecule has 0 fully saturated rings. The number of nitrogens with zero attached hydrogens (tertiary/aromatic N) is 2. The SMILES string of the molecule is CCC(C(=O)NCC(C)C)N(Cc1cccc(C)c1)C(=O)CN(c1ccc(Br)cc1)S(C)(=O)=O. The zero-order chi connectivity index (χ0) is 25.5. The maximum Gasteiger partial charge on any atom is 0.244 e. The van der Waals surface area contributed by atoms with Gasteiger partial charge in [-0.3, -0.25) is 13.9 Å².